The summed E-state index contributed by atoms with van der Waals surface area (Å²) in [6.45, 7) is 1.17. The number of aromatic nitrogens is 2. The van der Waals surface area contributed by atoms with Crippen molar-refractivity contribution in [2.24, 2.45) is 0 Å². The number of amides is 2. The van der Waals surface area contributed by atoms with Gasteiger partial charge in [0.05, 0.1) is 5.69 Å². The van der Waals surface area contributed by atoms with Crippen molar-refractivity contribution in [1.82, 2.24) is 21.0 Å². The molecule has 142 valence electrons. The maximum Gasteiger partial charge on any atom is 0.287 e. The highest BCUT2D eigenvalue weighted by molar-refractivity contribution is 5.95. The standard InChI is InChI=1S/C20H18N4O4/c1-13(25)14-7-9-16(10-8-14)28-12-19(26)23-24-20(27)18-11-17(21-22-18)15-5-3-2-4-6-15/h2-11H,12H2,1H3,(H,21,22)(H,23,26)(H,24,27). The van der Waals surface area contributed by atoms with Gasteiger partial charge in [-0.1, -0.05) is 30.3 Å². The van der Waals surface area contributed by atoms with Crippen LogP contribution in [0, 0.1) is 0 Å². The van der Waals surface area contributed by atoms with Crippen LogP contribution in [0.1, 0.15) is 27.8 Å². The van der Waals surface area contributed by atoms with Crippen LogP contribution in [0.5, 0.6) is 5.75 Å². The van der Waals surface area contributed by atoms with Crippen LogP contribution in [-0.2, 0) is 4.79 Å². The molecular formula is C20H18N4O4. The number of Topliss-reactive ketones (excluding diaryl/α,β-unsaturated/α-hetero) is 1. The fourth-order valence-corrected chi connectivity index (χ4v) is 2.36. The molecular weight excluding hydrogens is 360 g/mol. The first kappa shape index (κ1) is 18.8. The van der Waals surface area contributed by atoms with Gasteiger partial charge < -0.3 is 4.74 Å². The number of carbonyl (C=O) groups is 3. The molecule has 3 rings (SSSR count). The fourth-order valence-electron chi connectivity index (χ4n) is 2.36. The van der Waals surface area contributed by atoms with Crippen molar-refractivity contribution in [2.45, 2.75) is 6.92 Å². The van der Waals surface area contributed by atoms with Crippen LogP contribution >= 0.6 is 0 Å². The fraction of sp³-hybridized carbons (Fsp3) is 0.100. The van der Waals surface area contributed by atoms with Crippen LogP contribution in [0.15, 0.2) is 60.7 Å². The zero-order chi connectivity index (χ0) is 19.9. The summed E-state index contributed by atoms with van der Waals surface area (Å²) in [5.74, 6) is -0.686. The number of nitrogens with zero attached hydrogens (tertiary/aromatic N) is 1. The highest BCUT2D eigenvalue weighted by Gasteiger charge is 2.12. The Hall–Kier alpha value is -3.94. The average Bonchev–Trinajstić information content (AvgIpc) is 3.22. The molecule has 0 bridgehead atoms. The molecule has 2 amide bonds. The van der Waals surface area contributed by atoms with Crippen LogP contribution in [0.25, 0.3) is 11.3 Å². The van der Waals surface area contributed by atoms with Crippen LogP contribution in [0.3, 0.4) is 0 Å². The largest absolute Gasteiger partial charge is 0.484 e. The van der Waals surface area contributed by atoms with E-state index in [2.05, 4.69) is 21.0 Å². The number of nitrogens with one attached hydrogen (secondary N) is 3. The van der Waals surface area contributed by atoms with Crippen molar-refractivity contribution >= 4 is 17.6 Å². The maximum atomic E-state index is 12.1. The highest BCUT2D eigenvalue weighted by atomic mass is 16.5. The molecule has 0 aliphatic carbocycles. The van der Waals surface area contributed by atoms with Crippen LogP contribution in [0.4, 0.5) is 0 Å². The Bertz CT molecular complexity index is 981. The molecule has 0 saturated heterocycles. The number of benzene rings is 2. The van der Waals surface area contributed by atoms with E-state index >= 15 is 0 Å². The predicted octanol–water partition coefficient (Wildman–Crippen LogP) is 2.12. The number of ether oxygens (including phenoxy) is 1. The minimum absolute atomic E-state index is 0.0544. The summed E-state index contributed by atoms with van der Waals surface area (Å²) in [6, 6.07) is 17.4. The number of carbonyl (C=O) groups excluding carboxylic acids is 3. The van der Waals surface area contributed by atoms with Gasteiger partial charge in [0.1, 0.15) is 11.4 Å². The minimum Gasteiger partial charge on any atom is -0.484 e. The monoisotopic (exact) mass is 378 g/mol. The van der Waals surface area contributed by atoms with E-state index in [-0.39, 0.29) is 18.1 Å². The third-order valence-corrected chi connectivity index (χ3v) is 3.84. The number of H-pyrrole nitrogens is 1. The Labute approximate surface area is 160 Å². The lowest BCUT2D eigenvalue weighted by Gasteiger charge is -2.08. The summed E-state index contributed by atoms with van der Waals surface area (Å²) in [6.07, 6.45) is 0. The number of aromatic amines is 1. The molecule has 0 saturated carbocycles. The Kier molecular flexibility index (Phi) is 5.81. The van der Waals surface area contributed by atoms with Gasteiger partial charge in [-0.25, -0.2) is 0 Å². The third kappa shape index (κ3) is 4.82. The molecule has 8 nitrogen and oxygen atoms in total. The molecule has 0 fully saturated rings. The molecule has 8 heteroatoms. The van der Waals surface area contributed by atoms with Gasteiger partial charge in [0, 0.05) is 11.1 Å². The lowest BCUT2D eigenvalue weighted by Crippen LogP contribution is -2.44. The van der Waals surface area contributed by atoms with Gasteiger partial charge >= 0.3 is 0 Å². The molecule has 0 radical (unpaired) electrons. The first-order chi connectivity index (χ1) is 13.5. The molecule has 28 heavy (non-hydrogen) atoms. The van der Waals surface area contributed by atoms with E-state index in [0.717, 1.165) is 5.56 Å². The van der Waals surface area contributed by atoms with Gasteiger partial charge in [-0.3, -0.25) is 30.3 Å². The second kappa shape index (κ2) is 8.63. The molecule has 0 aliphatic heterocycles. The number of hydrogen-bond acceptors (Lipinski definition) is 5. The van der Waals surface area contributed by atoms with E-state index in [9.17, 15) is 14.4 Å². The minimum atomic E-state index is -0.535. The highest BCUT2D eigenvalue weighted by Crippen LogP contribution is 2.16. The first-order valence-corrected chi connectivity index (χ1v) is 8.47. The van der Waals surface area contributed by atoms with Gasteiger partial charge in [0.15, 0.2) is 12.4 Å². The lowest BCUT2D eigenvalue weighted by atomic mass is 10.1. The number of ketones is 1. The zero-order valence-electron chi connectivity index (χ0n) is 15.1. The Morgan fingerprint density at radius 1 is 1.00 bits per heavy atom. The van der Waals surface area contributed by atoms with Crippen molar-refractivity contribution in [1.29, 1.82) is 0 Å². The quantitative estimate of drug-likeness (QED) is 0.449. The normalized spacial score (nSPS) is 10.2. The summed E-state index contributed by atoms with van der Waals surface area (Å²) in [5, 5.41) is 6.71. The van der Waals surface area contributed by atoms with Crippen molar-refractivity contribution in [2.75, 3.05) is 6.61 Å². The zero-order valence-corrected chi connectivity index (χ0v) is 15.1. The molecule has 1 heterocycles. The van der Waals surface area contributed by atoms with Crippen LogP contribution in [-0.4, -0.2) is 34.4 Å². The van der Waals surface area contributed by atoms with Crippen molar-refractivity contribution in [3.63, 3.8) is 0 Å². The van der Waals surface area contributed by atoms with Gasteiger partial charge in [0.25, 0.3) is 11.8 Å². The van der Waals surface area contributed by atoms with Gasteiger partial charge in [-0.15, -0.1) is 0 Å². The number of rotatable bonds is 6. The van der Waals surface area contributed by atoms with Crippen molar-refractivity contribution < 1.29 is 19.1 Å². The first-order valence-electron chi connectivity index (χ1n) is 8.47. The van der Waals surface area contributed by atoms with E-state index in [1.807, 2.05) is 30.3 Å². The van der Waals surface area contributed by atoms with E-state index in [4.69, 9.17) is 4.74 Å². The summed E-state index contributed by atoms with van der Waals surface area (Å²) < 4.78 is 5.31. The van der Waals surface area contributed by atoms with Gasteiger partial charge in [-0.05, 0) is 37.3 Å². The third-order valence-electron chi connectivity index (χ3n) is 3.84. The predicted molar refractivity (Wildman–Crippen MR) is 102 cm³/mol. The van der Waals surface area contributed by atoms with E-state index in [1.165, 1.54) is 6.92 Å². The lowest BCUT2D eigenvalue weighted by molar-refractivity contribution is -0.123. The molecule has 0 unspecified atom stereocenters. The Morgan fingerprint density at radius 2 is 1.71 bits per heavy atom. The van der Waals surface area contributed by atoms with E-state index < -0.39 is 11.8 Å². The molecule has 0 aliphatic rings. The molecule has 1 aromatic heterocycles. The number of hydrazine groups is 1. The Morgan fingerprint density at radius 3 is 2.39 bits per heavy atom. The van der Waals surface area contributed by atoms with Crippen molar-refractivity contribution in [3.05, 3.63) is 71.9 Å². The second-order valence-corrected chi connectivity index (χ2v) is 5.90. The Balaban J connectivity index is 1.47. The summed E-state index contributed by atoms with van der Waals surface area (Å²) in [7, 11) is 0. The summed E-state index contributed by atoms with van der Waals surface area (Å²) >= 11 is 0. The molecule has 0 atom stereocenters. The molecule has 2 aromatic carbocycles. The average molecular weight is 378 g/mol. The summed E-state index contributed by atoms with van der Waals surface area (Å²) in [5.41, 5.74) is 6.80. The van der Waals surface area contributed by atoms with Gasteiger partial charge in [-0.2, -0.15) is 5.10 Å². The van der Waals surface area contributed by atoms with Gasteiger partial charge in [0.2, 0.25) is 0 Å². The smallest absolute Gasteiger partial charge is 0.287 e. The molecule has 0 spiro atoms. The molecule has 3 aromatic rings. The van der Waals surface area contributed by atoms with Crippen LogP contribution in [0.2, 0.25) is 0 Å². The van der Waals surface area contributed by atoms with Crippen molar-refractivity contribution in [3.8, 4) is 17.0 Å². The van der Waals surface area contributed by atoms with E-state index in [0.29, 0.717) is 17.0 Å². The van der Waals surface area contributed by atoms with E-state index in [1.54, 1.807) is 30.3 Å². The number of hydrogen-bond donors (Lipinski definition) is 3. The maximum absolute atomic E-state index is 12.1. The van der Waals surface area contributed by atoms with Crippen LogP contribution < -0.4 is 15.6 Å². The summed E-state index contributed by atoms with van der Waals surface area (Å²) in [4.78, 5) is 35.1. The topological polar surface area (TPSA) is 113 Å². The SMILES string of the molecule is CC(=O)c1ccc(OCC(=O)NNC(=O)c2cc(-c3ccccc3)n[nH]2)cc1. The molecule has 3 N–H and O–H groups in total. The second-order valence-electron chi connectivity index (χ2n) is 5.90.